The quantitative estimate of drug-likeness (QED) is 0.695. The summed E-state index contributed by atoms with van der Waals surface area (Å²) in [4.78, 5) is 11.0. The van der Waals surface area contributed by atoms with Crippen LogP contribution in [0.4, 0.5) is 8.78 Å². The van der Waals surface area contributed by atoms with E-state index in [1.165, 1.54) is 12.1 Å². The SMILES string of the molecule is O=C1CCC(c2ccc(F)cc2F)CC1. The number of halogens is 2. The van der Waals surface area contributed by atoms with Crippen molar-refractivity contribution in [3.63, 3.8) is 0 Å². The number of carbonyl (C=O) groups is 1. The molecule has 0 aromatic heterocycles. The van der Waals surface area contributed by atoms with Crippen LogP contribution in [0.1, 0.15) is 37.2 Å². The van der Waals surface area contributed by atoms with Gasteiger partial charge in [-0.2, -0.15) is 0 Å². The topological polar surface area (TPSA) is 17.1 Å². The van der Waals surface area contributed by atoms with E-state index in [1.807, 2.05) is 0 Å². The van der Waals surface area contributed by atoms with Gasteiger partial charge in [-0.1, -0.05) is 6.07 Å². The summed E-state index contributed by atoms with van der Waals surface area (Å²) in [7, 11) is 0. The second-order valence-electron chi connectivity index (χ2n) is 3.98. The smallest absolute Gasteiger partial charge is 0.132 e. The van der Waals surface area contributed by atoms with Crippen LogP contribution in [-0.4, -0.2) is 5.78 Å². The number of ketones is 1. The van der Waals surface area contributed by atoms with Gasteiger partial charge < -0.3 is 0 Å². The van der Waals surface area contributed by atoms with Crippen molar-refractivity contribution < 1.29 is 13.6 Å². The lowest BCUT2D eigenvalue weighted by atomic mass is 9.83. The Morgan fingerprint density at radius 2 is 1.80 bits per heavy atom. The van der Waals surface area contributed by atoms with Crippen LogP contribution < -0.4 is 0 Å². The van der Waals surface area contributed by atoms with Crippen molar-refractivity contribution in [2.75, 3.05) is 0 Å². The van der Waals surface area contributed by atoms with Crippen molar-refractivity contribution in [2.24, 2.45) is 0 Å². The van der Waals surface area contributed by atoms with Gasteiger partial charge in [0.1, 0.15) is 17.4 Å². The molecule has 0 N–H and O–H groups in total. The molecule has 0 aliphatic heterocycles. The molecule has 1 aromatic rings. The maximum Gasteiger partial charge on any atom is 0.132 e. The molecular weight excluding hydrogens is 198 g/mol. The molecule has 2 rings (SSSR count). The van der Waals surface area contributed by atoms with Crippen LogP contribution in [0.2, 0.25) is 0 Å². The maximum atomic E-state index is 13.4. The van der Waals surface area contributed by atoms with E-state index < -0.39 is 11.6 Å². The van der Waals surface area contributed by atoms with Crippen LogP contribution in [0.25, 0.3) is 0 Å². The summed E-state index contributed by atoms with van der Waals surface area (Å²) in [6, 6.07) is 3.67. The number of rotatable bonds is 1. The Morgan fingerprint density at radius 1 is 1.13 bits per heavy atom. The van der Waals surface area contributed by atoms with Crippen LogP contribution in [0, 0.1) is 11.6 Å². The van der Waals surface area contributed by atoms with Gasteiger partial charge in [-0.3, -0.25) is 4.79 Å². The standard InChI is InChI=1S/C12H12F2O/c13-9-3-6-11(12(14)7-9)8-1-4-10(15)5-2-8/h3,6-8H,1-2,4-5H2. The van der Waals surface area contributed by atoms with E-state index in [9.17, 15) is 13.6 Å². The number of carbonyl (C=O) groups excluding carboxylic acids is 1. The molecule has 1 aliphatic rings. The third-order valence-electron chi connectivity index (χ3n) is 2.95. The molecule has 1 aromatic carbocycles. The molecule has 0 spiro atoms. The van der Waals surface area contributed by atoms with Gasteiger partial charge in [-0.05, 0) is 30.4 Å². The zero-order valence-corrected chi connectivity index (χ0v) is 8.30. The lowest BCUT2D eigenvalue weighted by Crippen LogP contribution is -2.13. The molecule has 3 heteroatoms. The van der Waals surface area contributed by atoms with Crippen LogP contribution >= 0.6 is 0 Å². The zero-order valence-electron chi connectivity index (χ0n) is 8.30. The highest BCUT2D eigenvalue weighted by Crippen LogP contribution is 2.32. The van der Waals surface area contributed by atoms with Crippen molar-refractivity contribution in [3.8, 4) is 0 Å². The Balaban J connectivity index is 2.19. The molecule has 0 radical (unpaired) electrons. The van der Waals surface area contributed by atoms with Crippen LogP contribution in [0.3, 0.4) is 0 Å². The van der Waals surface area contributed by atoms with Gasteiger partial charge in [0.2, 0.25) is 0 Å². The molecule has 0 atom stereocenters. The van der Waals surface area contributed by atoms with E-state index in [0.29, 0.717) is 31.2 Å². The fourth-order valence-electron chi connectivity index (χ4n) is 2.08. The first kappa shape index (κ1) is 10.3. The number of hydrogen-bond acceptors (Lipinski definition) is 1. The van der Waals surface area contributed by atoms with Crippen molar-refractivity contribution in [3.05, 3.63) is 35.4 Å². The number of Topliss-reactive ketones (excluding diaryl/α,β-unsaturated/α-hetero) is 1. The third-order valence-corrected chi connectivity index (χ3v) is 2.95. The van der Waals surface area contributed by atoms with Gasteiger partial charge in [0.15, 0.2) is 0 Å². The number of hydrogen-bond donors (Lipinski definition) is 0. The van der Waals surface area contributed by atoms with Gasteiger partial charge in [0, 0.05) is 18.9 Å². The first-order valence-electron chi connectivity index (χ1n) is 5.13. The molecule has 0 bridgehead atoms. The summed E-state index contributed by atoms with van der Waals surface area (Å²) in [5.41, 5.74) is 0.545. The van der Waals surface area contributed by atoms with Gasteiger partial charge in [0.05, 0.1) is 0 Å². The minimum atomic E-state index is -0.553. The van der Waals surface area contributed by atoms with Crippen molar-refractivity contribution >= 4 is 5.78 Å². The van der Waals surface area contributed by atoms with E-state index in [2.05, 4.69) is 0 Å². The molecular formula is C12H12F2O. The first-order chi connectivity index (χ1) is 7.16. The van der Waals surface area contributed by atoms with Crippen LogP contribution in [0.15, 0.2) is 18.2 Å². The second-order valence-corrected chi connectivity index (χ2v) is 3.98. The Kier molecular flexibility index (Phi) is 2.80. The monoisotopic (exact) mass is 210 g/mol. The van der Waals surface area contributed by atoms with Gasteiger partial charge in [-0.25, -0.2) is 8.78 Å². The Hall–Kier alpha value is -1.25. The fourth-order valence-corrected chi connectivity index (χ4v) is 2.08. The van der Waals surface area contributed by atoms with Gasteiger partial charge in [0.25, 0.3) is 0 Å². The zero-order chi connectivity index (χ0) is 10.8. The van der Waals surface area contributed by atoms with E-state index in [1.54, 1.807) is 0 Å². The average Bonchev–Trinajstić information content (AvgIpc) is 2.20. The maximum absolute atomic E-state index is 13.4. The van der Waals surface area contributed by atoms with E-state index in [0.717, 1.165) is 6.07 Å². The predicted molar refractivity (Wildman–Crippen MR) is 52.6 cm³/mol. The molecule has 15 heavy (non-hydrogen) atoms. The first-order valence-corrected chi connectivity index (χ1v) is 5.13. The highest BCUT2D eigenvalue weighted by molar-refractivity contribution is 5.79. The lowest BCUT2D eigenvalue weighted by molar-refractivity contribution is -0.120. The Morgan fingerprint density at radius 3 is 2.40 bits per heavy atom. The van der Waals surface area contributed by atoms with Gasteiger partial charge in [-0.15, -0.1) is 0 Å². The molecule has 1 nitrogen and oxygen atoms in total. The molecule has 0 heterocycles. The molecule has 0 amide bonds. The summed E-state index contributed by atoms with van der Waals surface area (Å²) < 4.78 is 26.1. The van der Waals surface area contributed by atoms with Crippen molar-refractivity contribution in [1.82, 2.24) is 0 Å². The van der Waals surface area contributed by atoms with Gasteiger partial charge >= 0.3 is 0 Å². The summed E-state index contributed by atoms with van der Waals surface area (Å²) in [6.45, 7) is 0. The lowest BCUT2D eigenvalue weighted by Gasteiger charge is -2.21. The number of benzene rings is 1. The highest BCUT2D eigenvalue weighted by atomic mass is 19.1. The van der Waals surface area contributed by atoms with E-state index >= 15 is 0 Å². The third kappa shape index (κ3) is 2.22. The normalized spacial score (nSPS) is 18.1. The minimum absolute atomic E-state index is 0.0725. The second kappa shape index (κ2) is 4.09. The van der Waals surface area contributed by atoms with Crippen LogP contribution in [0.5, 0.6) is 0 Å². The van der Waals surface area contributed by atoms with E-state index in [-0.39, 0.29) is 11.7 Å². The summed E-state index contributed by atoms with van der Waals surface area (Å²) in [6.07, 6.45) is 2.39. The van der Waals surface area contributed by atoms with Crippen molar-refractivity contribution in [1.29, 1.82) is 0 Å². The summed E-state index contributed by atoms with van der Waals surface area (Å²) in [5.74, 6) is -0.727. The van der Waals surface area contributed by atoms with Crippen molar-refractivity contribution in [2.45, 2.75) is 31.6 Å². The molecule has 80 valence electrons. The predicted octanol–water partition coefficient (Wildman–Crippen LogP) is 3.19. The Bertz CT molecular complexity index is 377. The molecule has 0 unspecified atom stereocenters. The molecule has 1 saturated carbocycles. The molecule has 1 fully saturated rings. The molecule has 1 aliphatic carbocycles. The largest absolute Gasteiger partial charge is 0.300 e. The highest BCUT2D eigenvalue weighted by Gasteiger charge is 2.22. The van der Waals surface area contributed by atoms with E-state index in [4.69, 9.17) is 0 Å². The summed E-state index contributed by atoms with van der Waals surface area (Å²) >= 11 is 0. The Labute approximate surface area is 87.1 Å². The minimum Gasteiger partial charge on any atom is -0.300 e. The van der Waals surface area contributed by atoms with Crippen LogP contribution in [-0.2, 0) is 4.79 Å². The fraction of sp³-hybridized carbons (Fsp3) is 0.417. The summed E-state index contributed by atoms with van der Waals surface area (Å²) in [5, 5.41) is 0. The molecule has 0 saturated heterocycles. The average molecular weight is 210 g/mol.